The maximum absolute atomic E-state index is 12.1. The smallest absolute Gasteiger partial charge is 0.240 e. The van der Waals surface area contributed by atoms with Crippen molar-refractivity contribution in [2.45, 2.75) is 18.2 Å². The van der Waals surface area contributed by atoms with Crippen LogP contribution in [-0.2, 0) is 10.0 Å². The van der Waals surface area contributed by atoms with Gasteiger partial charge >= 0.3 is 0 Å². The van der Waals surface area contributed by atoms with E-state index in [-0.39, 0.29) is 23.1 Å². The fourth-order valence-corrected chi connectivity index (χ4v) is 3.24. The first kappa shape index (κ1) is 17.1. The number of rotatable bonds is 5. The van der Waals surface area contributed by atoms with E-state index in [1.807, 2.05) is 0 Å². The Balaban J connectivity index is 0.00000200. The molecule has 1 unspecified atom stereocenters. The van der Waals surface area contributed by atoms with Gasteiger partial charge in [-0.25, -0.2) is 13.1 Å². The number of halogens is 1. The first-order valence-corrected chi connectivity index (χ1v) is 7.79. The first-order valence-electron chi connectivity index (χ1n) is 6.30. The number of ketones is 1. The molecule has 5 nitrogen and oxygen atoms in total. The van der Waals surface area contributed by atoms with Crippen molar-refractivity contribution in [2.75, 3.05) is 19.6 Å². The third kappa shape index (κ3) is 4.28. The summed E-state index contributed by atoms with van der Waals surface area (Å²) in [5.74, 6) is 0.197. The van der Waals surface area contributed by atoms with E-state index in [1.165, 1.54) is 19.1 Å². The number of Topliss-reactive ketones (excluding diaryl/α,β-unsaturated/α-hetero) is 1. The zero-order valence-electron chi connectivity index (χ0n) is 11.3. The number of carbonyl (C=O) groups excluding carboxylic acids is 1. The Bertz CT molecular complexity index is 569. The minimum Gasteiger partial charge on any atom is -0.316 e. The molecule has 20 heavy (non-hydrogen) atoms. The summed E-state index contributed by atoms with van der Waals surface area (Å²) in [6, 6.07) is 6.11. The highest BCUT2D eigenvalue weighted by atomic mass is 35.5. The topological polar surface area (TPSA) is 75.3 Å². The predicted octanol–water partition coefficient (Wildman–Crippen LogP) is 1.20. The van der Waals surface area contributed by atoms with Crippen LogP contribution < -0.4 is 10.0 Å². The fourth-order valence-electron chi connectivity index (χ4n) is 2.08. The van der Waals surface area contributed by atoms with Gasteiger partial charge in [0.15, 0.2) is 5.78 Å². The van der Waals surface area contributed by atoms with Crippen LogP contribution in [0.5, 0.6) is 0 Å². The Morgan fingerprint density at radius 2 is 2.20 bits per heavy atom. The van der Waals surface area contributed by atoms with E-state index in [0.717, 1.165) is 19.5 Å². The first-order chi connectivity index (χ1) is 8.99. The number of carbonyl (C=O) groups is 1. The van der Waals surface area contributed by atoms with E-state index in [4.69, 9.17) is 0 Å². The summed E-state index contributed by atoms with van der Waals surface area (Å²) < 4.78 is 26.8. The summed E-state index contributed by atoms with van der Waals surface area (Å²) in [5, 5.41) is 3.19. The Morgan fingerprint density at radius 1 is 1.45 bits per heavy atom. The number of sulfonamides is 1. The van der Waals surface area contributed by atoms with Gasteiger partial charge in [-0.3, -0.25) is 4.79 Å². The van der Waals surface area contributed by atoms with Crippen molar-refractivity contribution < 1.29 is 13.2 Å². The lowest BCUT2D eigenvalue weighted by atomic mass is 10.1. The third-order valence-corrected chi connectivity index (χ3v) is 4.70. The molecule has 0 aromatic heterocycles. The highest BCUT2D eigenvalue weighted by Gasteiger charge is 2.19. The molecule has 1 aromatic rings. The molecule has 7 heteroatoms. The maximum Gasteiger partial charge on any atom is 0.240 e. The van der Waals surface area contributed by atoms with E-state index in [1.54, 1.807) is 12.1 Å². The minimum absolute atomic E-state index is 0. The van der Waals surface area contributed by atoms with Crippen molar-refractivity contribution in [3.05, 3.63) is 29.8 Å². The SMILES string of the molecule is CC(=O)c1cccc(S(=O)(=O)NCC2CCNC2)c1.Cl. The Morgan fingerprint density at radius 3 is 2.80 bits per heavy atom. The zero-order chi connectivity index (χ0) is 13.9. The predicted molar refractivity (Wildman–Crippen MR) is 79.9 cm³/mol. The van der Waals surface area contributed by atoms with E-state index < -0.39 is 10.0 Å². The lowest BCUT2D eigenvalue weighted by Gasteiger charge is -2.11. The van der Waals surface area contributed by atoms with Crippen molar-refractivity contribution in [3.8, 4) is 0 Å². The summed E-state index contributed by atoms with van der Waals surface area (Å²) in [6.45, 7) is 3.63. The van der Waals surface area contributed by atoms with Gasteiger partial charge in [0.2, 0.25) is 10.0 Å². The number of benzene rings is 1. The molecule has 2 N–H and O–H groups in total. The maximum atomic E-state index is 12.1. The van der Waals surface area contributed by atoms with Crippen LogP contribution in [0.25, 0.3) is 0 Å². The standard InChI is InChI=1S/C13H18N2O3S.ClH/c1-10(16)12-3-2-4-13(7-12)19(17,18)15-9-11-5-6-14-8-11;/h2-4,7,11,14-15H,5-6,8-9H2,1H3;1H. The monoisotopic (exact) mass is 318 g/mol. The molecule has 0 saturated carbocycles. The molecular formula is C13H19ClN2O3S. The number of nitrogens with one attached hydrogen (secondary N) is 2. The van der Waals surface area contributed by atoms with Gasteiger partial charge in [-0.05, 0) is 44.5 Å². The molecule has 1 atom stereocenters. The number of hydrogen-bond donors (Lipinski definition) is 2. The highest BCUT2D eigenvalue weighted by Crippen LogP contribution is 2.13. The zero-order valence-corrected chi connectivity index (χ0v) is 12.9. The van der Waals surface area contributed by atoms with Gasteiger partial charge in [-0.2, -0.15) is 0 Å². The van der Waals surface area contributed by atoms with Gasteiger partial charge in [0, 0.05) is 12.1 Å². The van der Waals surface area contributed by atoms with Gasteiger partial charge in [-0.15, -0.1) is 12.4 Å². The molecule has 1 aromatic carbocycles. The average molecular weight is 319 g/mol. The molecular weight excluding hydrogens is 300 g/mol. The molecule has 1 heterocycles. The van der Waals surface area contributed by atoms with Gasteiger partial charge in [0.05, 0.1) is 4.90 Å². The van der Waals surface area contributed by atoms with E-state index in [9.17, 15) is 13.2 Å². The molecule has 0 amide bonds. The molecule has 1 saturated heterocycles. The van der Waals surface area contributed by atoms with Gasteiger partial charge in [-0.1, -0.05) is 12.1 Å². The molecule has 1 aliphatic heterocycles. The Hall–Kier alpha value is -0.950. The normalized spacial score (nSPS) is 18.6. The van der Waals surface area contributed by atoms with Crippen LogP contribution in [0, 0.1) is 5.92 Å². The molecule has 2 rings (SSSR count). The van der Waals surface area contributed by atoms with E-state index in [2.05, 4.69) is 10.0 Å². The summed E-state index contributed by atoms with van der Waals surface area (Å²) >= 11 is 0. The lowest BCUT2D eigenvalue weighted by molar-refractivity contribution is 0.101. The second-order valence-electron chi connectivity index (χ2n) is 4.79. The summed E-state index contributed by atoms with van der Waals surface area (Å²) in [6.07, 6.45) is 0.982. The lowest BCUT2D eigenvalue weighted by Crippen LogP contribution is -2.30. The van der Waals surface area contributed by atoms with Crippen LogP contribution in [0.3, 0.4) is 0 Å². The van der Waals surface area contributed by atoms with Crippen LogP contribution in [-0.4, -0.2) is 33.8 Å². The van der Waals surface area contributed by atoms with Crippen LogP contribution in [0.2, 0.25) is 0 Å². The van der Waals surface area contributed by atoms with Crippen molar-refractivity contribution >= 4 is 28.2 Å². The minimum atomic E-state index is -3.53. The molecule has 1 aliphatic rings. The Kier molecular flexibility index (Phi) is 6.13. The Labute approximate surface area is 125 Å². The fraction of sp³-hybridized carbons (Fsp3) is 0.462. The molecule has 0 spiro atoms. The molecule has 0 bridgehead atoms. The van der Waals surface area contributed by atoms with Gasteiger partial charge in [0.25, 0.3) is 0 Å². The largest absolute Gasteiger partial charge is 0.316 e. The summed E-state index contributed by atoms with van der Waals surface area (Å²) in [4.78, 5) is 11.4. The average Bonchev–Trinajstić information content (AvgIpc) is 2.90. The van der Waals surface area contributed by atoms with Crippen molar-refractivity contribution in [1.29, 1.82) is 0 Å². The van der Waals surface area contributed by atoms with E-state index >= 15 is 0 Å². The quantitative estimate of drug-likeness (QED) is 0.800. The second kappa shape index (κ2) is 7.17. The van der Waals surface area contributed by atoms with Crippen molar-refractivity contribution in [2.24, 2.45) is 5.92 Å². The summed E-state index contributed by atoms with van der Waals surface area (Å²) in [7, 11) is -3.53. The van der Waals surface area contributed by atoms with Crippen molar-refractivity contribution in [3.63, 3.8) is 0 Å². The van der Waals surface area contributed by atoms with Gasteiger partial charge in [0.1, 0.15) is 0 Å². The molecule has 0 aliphatic carbocycles. The highest BCUT2D eigenvalue weighted by molar-refractivity contribution is 7.89. The van der Waals surface area contributed by atoms with Crippen LogP contribution in [0.1, 0.15) is 23.7 Å². The summed E-state index contributed by atoms with van der Waals surface area (Å²) in [5.41, 5.74) is 0.408. The molecule has 0 radical (unpaired) electrons. The van der Waals surface area contributed by atoms with Crippen LogP contribution >= 0.6 is 12.4 Å². The van der Waals surface area contributed by atoms with E-state index in [0.29, 0.717) is 18.0 Å². The molecule has 112 valence electrons. The molecule has 1 fully saturated rings. The third-order valence-electron chi connectivity index (χ3n) is 3.28. The van der Waals surface area contributed by atoms with Crippen molar-refractivity contribution in [1.82, 2.24) is 10.0 Å². The van der Waals surface area contributed by atoms with Gasteiger partial charge < -0.3 is 5.32 Å². The van der Waals surface area contributed by atoms with Crippen LogP contribution in [0.4, 0.5) is 0 Å². The second-order valence-corrected chi connectivity index (χ2v) is 6.56. The number of hydrogen-bond acceptors (Lipinski definition) is 4. The van der Waals surface area contributed by atoms with Crippen LogP contribution in [0.15, 0.2) is 29.2 Å².